The number of carbonyl (C=O) groups excluding carboxylic acids is 1. The molecule has 3 heteroatoms. The highest BCUT2D eigenvalue weighted by molar-refractivity contribution is 5.73. The van der Waals surface area contributed by atoms with Gasteiger partial charge in [0.25, 0.3) is 0 Å². The molecule has 2 atom stereocenters. The van der Waals surface area contributed by atoms with Gasteiger partial charge in [-0.05, 0) is 44.5 Å². The molecule has 2 aromatic carbocycles. The van der Waals surface area contributed by atoms with Crippen molar-refractivity contribution in [3.8, 4) is 0 Å². The van der Waals surface area contributed by atoms with Crippen molar-refractivity contribution in [1.29, 1.82) is 0 Å². The summed E-state index contributed by atoms with van der Waals surface area (Å²) in [5.74, 6) is 0.254. The van der Waals surface area contributed by atoms with Crippen molar-refractivity contribution in [3.63, 3.8) is 0 Å². The third-order valence-corrected chi connectivity index (χ3v) is 5.59. The van der Waals surface area contributed by atoms with Gasteiger partial charge in [-0.2, -0.15) is 0 Å². The van der Waals surface area contributed by atoms with Gasteiger partial charge < -0.3 is 9.64 Å². The Hall–Kier alpha value is -2.13. The van der Waals surface area contributed by atoms with Crippen molar-refractivity contribution in [1.82, 2.24) is 4.90 Å². The van der Waals surface area contributed by atoms with Crippen molar-refractivity contribution in [2.75, 3.05) is 20.6 Å². The molecule has 1 aliphatic rings. The fraction of sp³-hybridized carbons (Fsp3) is 0.458. The molecular weight excluding hydrogens is 334 g/mol. The number of hydrogen-bond donors (Lipinski definition) is 0. The van der Waals surface area contributed by atoms with Crippen LogP contribution in [-0.2, 0) is 22.4 Å². The van der Waals surface area contributed by atoms with Crippen LogP contribution in [0.4, 0.5) is 0 Å². The molecule has 0 aromatic heterocycles. The molecule has 0 saturated heterocycles. The summed E-state index contributed by atoms with van der Waals surface area (Å²) in [6, 6.07) is 20.4. The highest BCUT2D eigenvalue weighted by Crippen LogP contribution is 2.40. The molecule has 2 aromatic rings. The topological polar surface area (TPSA) is 29.5 Å². The molecule has 0 N–H and O–H groups in total. The molecule has 0 amide bonds. The van der Waals surface area contributed by atoms with Gasteiger partial charge in [0.05, 0.1) is 6.42 Å². The summed E-state index contributed by atoms with van der Waals surface area (Å²) in [6.45, 7) is 0.950. The molecule has 1 fully saturated rings. The van der Waals surface area contributed by atoms with E-state index < -0.39 is 5.60 Å². The number of nitrogens with zero attached hydrogens (tertiary/aromatic N) is 1. The van der Waals surface area contributed by atoms with E-state index in [0.29, 0.717) is 12.3 Å². The third-order valence-electron chi connectivity index (χ3n) is 5.59. The Morgan fingerprint density at radius 1 is 1.00 bits per heavy atom. The second-order valence-corrected chi connectivity index (χ2v) is 8.07. The van der Waals surface area contributed by atoms with Crippen LogP contribution < -0.4 is 0 Å². The zero-order valence-corrected chi connectivity index (χ0v) is 16.6. The van der Waals surface area contributed by atoms with Gasteiger partial charge in [0.2, 0.25) is 0 Å². The zero-order chi connectivity index (χ0) is 19.1. The van der Waals surface area contributed by atoms with Crippen LogP contribution in [0.15, 0.2) is 60.7 Å². The fourth-order valence-electron chi connectivity index (χ4n) is 4.35. The molecule has 0 aliphatic heterocycles. The first-order chi connectivity index (χ1) is 13.1. The quantitative estimate of drug-likeness (QED) is 0.676. The van der Waals surface area contributed by atoms with E-state index in [1.165, 1.54) is 12.0 Å². The van der Waals surface area contributed by atoms with Crippen LogP contribution in [0.2, 0.25) is 0 Å². The number of hydrogen-bond acceptors (Lipinski definition) is 3. The Morgan fingerprint density at radius 3 is 2.26 bits per heavy atom. The lowest BCUT2D eigenvalue weighted by atomic mass is 9.71. The van der Waals surface area contributed by atoms with Crippen molar-refractivity contribution in [2.24, 2.45) is 5.92 Å². The largest absolute Gasteiger partial charge is 0.458 e. The highest BCUT2D eigenvalue weighted by Gasteiger charge is 2.44. The molecular formula is C24H31NO2. The lowest BCUT2D eigenvalue weighted by Crippen LogP contribution is -2.50. The normalized spacial score (nSPS) is 22.6. The van der Waals surface area contributed by atoms with Gasteiger partial charge in [0.15, 0.2) is 0 Å². The Morgan fingerprint density at radius 2 is 1.63 bits per heavy atom. The van der Waals surface area contributed by atoms with Gasteiger partial charge >= 0.3 is 5.97 Å². The maximum Gasteiger partial charge on any atom is 0.310 e. The molecule has 0 spiro atoms. The molecule has 3 nitrogen and oxygen atoms in total. The minimum absolute atomic E-state index is 0.109. The minimum atomic E-state index is -0.407. The Labute approximate surface area is 163 Å². The molecule has 0 heterocycles. The van der Waals surface area contributed by atoms with Crippen LogP contribution >= 0.6 is 0 Å². The van der Waals surface area contributed by atoms with E-state index in [4.69, 9.17) is 4.74 Å². The van der Waals surface area contributed by atoms with Crippen LogP contribution in [0.3, 0.4) is 0 Å². The summed E-state index contributed by atoms with van der Waals surface area (Å²) in [7, 11) is 4.21. The average molecular weight is 366 g/mol. The lowest BCUT2D eigenvalue weighted by Gasteiger charge is -2.44. The maximum absolute atomic E-state index is 12.9. The summed E-state index contributed by atoms with van der Waals surface area (Å²) < 4.78 is 6.33. The summed E-state index contributed by atoms with van der Waals surface area (Å²) in [5.41, 5.74) is 1.85. The molecule has 3 rings (SSSR count). The van der Waals surface area contributed by atoms with E-state index in [2.05, 4.69) is 43.3 Å². The minimum Gasteiger partial charge on any atom is -0.458 e. The van der Waals surface area contributed by atoms with Gasteiger partial charge in [0, 0.05) is 18.9 Å². The van der Waals surface area contributed by atoms with Gasteiger partial charge in [-0.25, -0.2) is 0 Å². The first-order valence-electron chi connectivity index (χ1n) is 10.0. The number of benzene rings is 2. The van der Waals surface area contributed by atoms with Crippen molar-refractivity contribution < 1.29 is 9.53 Å². The molecule has 2 unspecified atom stereocenters. The highest BCUT2D eigenvalue weighted by atomic mass is 16.6. The van der Waals surface area contributed by atoms with Crippen molar-refractivity contribution in [3.05, 3.63) is 71.8 Å². The Balaban J connectivity index is 1.82. The van der Waals surface area contributed by atoms with E-state index in [-0.39, 0.29) is 5.97 Å². The number of rotatable bonds is 7. The van der Waals surface area contributed by atoms with E-state index >= 15 is 0 Å². The first kappa shape index (κ1) is 19.6. The molecule has 1 saturated carbocycles. The molecule has 0 bridgehead atoms. The monoisotopic (exact) mass is 365 g/mol. The molecule has 1 aliphatic carbocycles. The summed E-state index contributed by atoms with van der Waals surface area (Å²) in [5, 5.41) is 0. The number of carbonyl (C=O) groups is 1. The van der Waals surface area contributed by atoms with E-state index in [9.17, 15) is 4.79 Å². The summed E-state index contributed by atoms with van der Waals surface area (Å²) >= 11 is 0. The zero-order valence-electron chi connectivity index (χ0n) is 16.6. The van der Waals surface area contributed by atoms with Crippen molar-refractivity contribution >= 4 is 5.97 Å². The molecule has 27 heavy (non-hydrogen) atoms. The number of ether oxygens (including phenoxy) is 1. The van der Waals surface area contributed by atoms with Gasteiger partial charge in [0.1, 0.15) is 5.60 Å². The first-order valence-corrected chi connectivity index (χ1v) is 10.0. The van der Waals surface area contributed by atoms with E-state index in [1.54, 1.807) is 0 Å². The van der Waals surface area contributed by atoms with Crippen LogP contribution in [0.5, 0.6) is 0 Å². The van der Waals surface area contributed by atoms with Crippen LogP contribution in [0.1, 0.15) is 36.8 Å². The van der Waals surface area contributed by atoms with E-state index in [1.807, 2.05) is 36.4 Å². The maximum atomic E-state index is 12.9. The predicted octanol–water partition coefficient (Wildman–Crippen LogP) is 4.51. The van der Waals surface area contributed by atoms with Gasteiger partial charge in [-0.1, -0.05) is 67.1 Å². The van der Waals surface area contributed by atoms with Crippen LogP contribution in [0.25, 0.3) is 0 Å². The second-order valence-electron chi connectivity index (χ2n) is 8.07. The summed E-state index contributed by atoms with van der Waals surface area (Å²) in [4.78, 5) is 15.1. The van der Waals surface area contributed by atoms with Gasteiger partial charge in [-0.15, -0.1) is 0 Å². The SMILES string of the molecule is CN(C)CC1CCCCC1(Cc1ccccc1)OC(=O)Cc1ccccc1. The molecule has 0 radical (unpaired) electrons. The van der Waals surface area contributed by atoms with Gasteiger partial charge in [-0.3, -0.25) is 4.79 Å². The van der Waals surface area contributed by atoms with E-state index in [0.717, 1.165) is 37.8 Å². The third kappa shape index (κ3) is 5.43. The lowest BCUT2D eigenvalue weighted by molar-refractivity contribution is -0.171. The predicted molar refractivity (Wildman–Crippen MR) is 110 cm³/mol. The van der Waals surface area contributed by atoms with Crippen LogP contribution in [-0.4, -0.2) is 37.1 Å². The van der Waals surface area contributed by atoms with Crippen LogP contribution in [0, 0.1) is 5.92 Å². The fourth-order valence-corrected chi connectivity index (χ4v) is 4.35. The Bertz CT molecular complexity index is 714. The molecule has 144 valence electrons. The average Bonchev–Trinajstić information content (AvgIpc) is 2.65. The Kier molecular flexibility index (Phi) is 6.68. The van der Waals surface area contributed by atoms with Crippen molar-refractivity contribution in [2.45, 2.75) is 44.1 Å². The standard InChI is InChI=1S/C24H31NO2/c1-25(2)19-22-15-9-10-16-24(22,18-21-13-7-4-8-14-21)27-23(26)17-20-11-5-3-6-12-20/h3-8,11-14,22H,9-10,15-19H2,1-2H3. The summed E-state index contributed by atoms with van der Waals surface area (Å²) in [6.07, 6.45) is 5.53. The smallest absolute Gasteiger partial charge is 0.310 e. The number of esters is 1. The second kappa shape index (κ2) is 9.18.